The first-order valence-corrected chi connectivity index (χ1v) is 15.5. The Bertz CT molecular complexity index is 1550. The van der Waals surface area contributed by atoms with Crippen LogP contribution in [0.2, 0.25) is 0 Å². The molecule has 0 bridgehead atoms. The summed E-state index contributed by atoms with van der Waals surface area (Å²) in [5.41, 5.74) is 6.53. The number of imide groups is 1. The molecule has 0 unspecified atom stereocenters. The van der Waals surface area contributed by atoms with E-state index in [2.05, 4.69) is 0 Å². The molecule has 0 aliphatic carbocycles. The molecular formula is C35H33NO6S. The van der Waals surface area contributed by atoms with Gasteiger partial charge in [0.05, 0.1) is 43.1 Å². The van der Waals surface area contributed by atoms with Gasteiger partial charge in [-0.05, 0) is 46.0 Å². The number of ether oxygens (including phenoxy) is 2. The predicted molar refractivity (Wildman–Crippen MR) is 165 cm³/mol. The maximum absolute atomic E-state index is 12.9. The molecule has 4 aromatic rings. The van der Waals surface area contributed by atoms with Gasteiger partial charge in [0.25, 0.3) is 11.8 Å². The molecule has 1 fully saturated rings. The summed E-state index contributed by atoms with van der Waals surface area (Å²) in [5.74, 6) is 0.878. The van der Waals surface area contributed by atoms with E-state index in [1.165, 1.54) is 4.90 Å². The highest BCUT2D eigenvalue weighted by Gasteiger charge is 2.35. The van der Waals surface area contributed by atoms with Crippen LogP contribution < -0.4 is 0 Å². The zero-order valence-electron chi connectivity index (χ0n) is 23.6. The maximum atomic E-state index is 12.9. The molecule has 2 amide bonds. The van der Waals surface area contributed by atoms with E-state index in [0.29, 0.717) is 23.3 Å². The third-order valence-corrected chi connectivity index (χ3v) is 8.90. The molecule has 4 aromatic carbocycles. The van der Waals surface area contributed by atoms with Gasteiger partial charge in [0.2, 0.25) is 0 Å². The standard InChI is InChI=1S/C35H33NO6S/c37-16-17-43-22-29-19-32(26-10-8-23(21-38)9-11-26)42-35(41-29)27-14-12-25(13-15-27)28-5-3-4-24(18-28)20-36-33(39)30-6-1-2-7-31(30)34(36)40/h1-15,18,29,32,35,37-38H,16-17,19-22H2/t29-,32+,35+/m0/s1. The third-order valence-electron chi connectivity index (χ3n) is 7.82. The largest absolute Gasteiger partial charge is 0.396 e. The summed E-state index contributed by atoms with van der Waals surface area (Å²) >= 11 is 1.66. The number of hydrogen-bond acceptors (Lipinski definition) is 7. The highest BCUT2D eigenvalue weighted by molar-refractivity contribution is 7.99. The predicted octanol–water partition coefficient (Wildman–Crippen LogP) is 5.91. The number of aliphatic hydroxyl groups excluding tert-OH is 2. The minimum Gasteiger partial charge on any atom is -0.396 e. The number of thioether (sulfide) groups is 1. The number of fused-ring (bicyclic) bond motifs is 1. The molecule has 1 saturated heterocycles. The van der Waals surface area contributed by atoms with Gasteiger partial charge in [0.1, 0.15) is 0 Å². The Kier molecular flexibility index (Phi) is 9.02. The summed E-state index contributed by atoms with van der Waals surface area (Å²) in [6, 6.07) is 30.7. The van der Waals surface area contributed by atoms with Crippen molar-refractivity contribution in [2.75, 3.05) is 18.1 Å². The molecule has 0 radical (unpaired) electrons. The van der Waals surface area contributed by atoms with Gasteiger partial charge in [-0.3, -0.25) is 14.5 Å². The van der Waals surface area contributed by atoms with Crippen molar-refractivity contribution in [2.45, 2.75) is 38.1 Å². The smallest absolute Gasteiger partial charge is 0.261 e. The maximum Gasteiger partial charge on any atom is 0.261 e. The Morgan fingerprint density at radius 2 is 1.44 bits per heavy atom. The summed E-state index contributed by atoms with van der Waals surface area (Å²) in [7, 11) is 0. The van der Waals surface area contributed by atoms with Crippen LogP contribution in [0.4, 0.5) is 0 Å². The van der Waals surface area contributed by atoms with Crippen LogP contribution in [0.1, 0.15) is 61.8 Å². The van der Waals surface area contributed by atoms with E-state index in [-0.39, 0.29) is 43.8 Å². The van der Waals surface area contributed by atoms with Crippen LogP contribution in [0.5, 0.6) is 0 Å². The molecule has 2 aliphatic heterocycles. The molecule has 0 aromatic heterocycles. The number of hydrogen-bond donors (Lipinski definition) is 2. The van der Waals surface area contributed by atoms with E-state index in [4.69, 9.17) is 9.47 Å². The van der Waals surface area contributed by atoms with Crippen molar-refractivity contribution >= 4 is 23.6 Å². The number of aliphatic hydroxyl groups is 2. The third kappa shape index (κ3) is 6.44. The molecule has 0 spiro atoms. The van der Waals surface area contributed by atoms with Crippen LogP contribution in [0.15, 0.2) is 97.1 Å². The molecule has 2 N–H and O–H groups in total. The molecule has 3 atom stereocenters. The first-order chi connectivity index (χ1) is 21.0. The first kappa shape index (κ1) is 29.3. The first-order valence-electron chi connectivity index (χ1n) is 14.4. The SMILES string of the molecule is O=C1c2ccccc2C(=O)N1Cc1cccc(-c2ccc([C@@H]3O[C@H](CSCCO)C[C@H](c4ccc(CO)cc4)O3)cc2)c1. The molecule has 8 heteroatoms. The number of rotatable bonds is 10. The van der Waals surface area contributed by atoms with E-state index in [1.807, 2.05) is 72.8 Å². The van der Waals surface area contributed by atoms with E-state index in [0.717, 1.165) is 39.1 Å². The Labute approximate surface area is 255 Å². The molecule has 220 valence electrons. The van der Waals surface area contributed by atoms with Gasteiger partial charge in [0.15, 0.2) is 6.29 Å². The zero-order chi connectivity index (χ0) is 29.8. The lowest BCUT2D eigenvalue weighted by molar-refractivity contribution is -0.245. The van der Waals surface area contributed by atoms with E-state index in [1.54, 1.807) is 36.0 Å². The second-order valence-electron chi connectivity index (χ2n) is 10.7. The lowest BCUT2D eigenvalue weighted by Gasteiger charge is -2.36. The number of benzene rings is 4. The Hall–Kier alpha value is -3.79. The average molecular weight is 596 g/mol. The minimum absolute atomic E-state index is 0.00398. The average Bonchev–Trinajstić information content (AvgIpc) is 3.30. The van der Waals surface area contributed by atoms with Crippen LogP contribution >= 0.6 is 11.8 Å². The van der Waals surface area contributed by atoms with Gasteiger partial charge in [-0.25, -0.2) is 0 Å². The van der Waals surface area contributed by atoms with Crippen molar-refractivity contribution in [1.29, 1.82) is 0 Å². The molecule has 0 saturated carbocycles. The number of carbonyl (C=O) groups is 2. The van der Waals surface area contributed by atoms with E-state index >= 15 is 0 Å². The normalized spacial score (nSPS) is 20.0. The molecule has 2 heterocycles. The fourth-order valence-corrected chi connectivity index (χ4v) is 6.32. The molecule has 2 aliphatic rings. The Morgan fingerprint density at radius 3 is 2.12 bits per heavy atom. The fourth-order valence-electron chi connectivity index (χ4n) is 5.55. The van der Waals surface area contributed by atoms with Crippen molar-refractivity contribution in [3.8, 4) is 11.1 Å². The summed E-state index contributed by atoms with van der Waals surface area (Å²) in [4.78, 5) is 27.0. The van der Waals surface area contributed by atoms with Crippen LogP contribution in [0, 0.1) is 0 Å². The number of carbonyl (C=O) groups excluding carboxylic acids is 2. The zero-order valence-corrected chi connectivity index (χ0v) is 24.4. The molecule has 7 nitrogen and oxygen atoms in total. The lowest BCUT2D eigenvalue weighted by Crippen LogP contribution is -2.31. The summed E-state index contributed by atoms with van der Waals surface area (Å²) < 4.78 is 12.8. The lowest BCUT2D eigenvalue weighted by atomic mass is 9.99. The monoisotopic (exact) mass is 595 g/mol. The van der Waals surface area contributed by atoms with Crippen molar-refractivity contribution in [1.82, 2.24) is 4.90 Å². The summed E-state index contributed by atoms with van der Waals surface area (Å²) in [6.07, 6.45) is -0.0583. The van der Waals surface area contributed by atoms with Crippen molar-refractivity contribution in [3.05, 3.63) is 130 Å². The van der Waals surface area contributed by atoms with Crippen LogP contribution in [-0.2, 0) is 22.6 Å². The van der Waals surface area contributed by atoms with Gasteiger partial charge in [0, 0.05) is 23.5 Å². The van der Waals surface area contributed by atoms with Gasteiger partial charge in [-0.15, -0.1) is 0 Å². The molecular weight excluding hydrogens is 562 g/mol. The van der Waals surface area contributed by atoms with Gasteiger partial charge in [-0.1, -0.05) is 78.9 Å². The fraction of sp³-hybridized carbons (Fsp3) is 0.257. The highest BCUT2D eigenvalue weighted by Crippen LogP contribution is 2.39. The highest BCUT2D eigenvalue weighted by atomic mass is 32.2. The van der Waals surface area contributed by atoms with Crippen molar-refractivity contribution in [3.63, 3.8) is 0 Å². The van der Waals surface area contributed by atoms with E-state index < -0.39 is 6.29 Å². The minimum atomic E-state index is -0.551. The van der Waals surface area contributed by atoms with Gasteiger partial charge >= 0.3 is 0 Å². The second kappa shape index (κ2) is 13.2. The Morgan fingerprint density at radius 1 is 0.744 bits per heavy atom. The van der Waals surface area contributed by atoms with E-state index in [9.17, 15) is 19.8 Å². The molecule has 6 rings (SSSR count). The summed E-state index contributed by atoms with van der Waals surface area (Å²) in [5, 5.41) is 18.7. The van der Waals surface area contributed by atoms with Crippen molar-refractivity contribution < 1.29 is 29.3 Å². The van der Waals surface area contributed by atoms with Crippen molar-refractivity contribution in [2.24, 2.45) is 0 Å². The molecule has 43 heavy (non-hydrogen) atoms. The topological polar surface area (TPSA) is 96.3 Å². The van der Waals surface area contributed by atoms with Crippen LogP contribution in [-0.4, -0.2) is 51.1 Å². The quantitative estimate of drug-likeness (QED) is 0.174. The Balaban J connectivity index is 1.18. The number of amides is 2. The number of nitrogens with zero attached hydrogens (tertiary/aromatic N) is 1. The van der Waals surface area contributed by atoms with Crippen LogP contribution in [0.3, 0.4) is 0 Å². The van der Waals surface area contributed by atoms with Crippen LogP contribution in [0.25, 0.3) is 11.1 Å². The summed E-state index contributed by atoms with van der Waals surface area (Å²) in [6.45, 7) is 0.332. The van der Waals surface area contributed by atoms with Gasteiger partial charge in [-0.2, -0.15) is 11.8 Å². The second-order valence-corrected chi connectivity index (χ2v) is 11.9. The van der Waals surface area contributed by atoms with Gasteiger partial charge < -0.3 is 19.7 Å².